The maximum atomic E-state index is 10.4. The maximum absolute atomic E-state index is 10.4. The number of aliphatic hydroxyl groups is 3. The van der Waals surface area contributed by atoms with Crippen molar-refractivity contribution in [1.29, 1.82) is 0 Å². The number of nitrogens with one attached hydrogen (secondary N) is 1. The highest BCUT2D eigenvalue weighted by atomic mass is 16.6. The second-order valence-corrected chi connectivity index (χ2v) is 4.50. The van der Waals surface area contributed by atoms with E-state index in [2.05, 4.69) is 20.3 Å². The van der Waals surface area contributed by atoms with Crippen LogP contribution < -0.4 is 5.32 Å². The highest BCUT2D eigenvalue weighted by Gasteiger charge is 2.43. The Kier molecular flexibility index (Phi) is 3.51. The molecule has 3 rings (SSSR count). The molecule has 0 saturated carbocycles. The van der Waals surface area contributed by atoms with E-state index in [1.165, 1.54) is 23.6 Å². The summed E-state index contributed by atoms with van der Waals surface area (Å²) in [6, 6.07) is 0. The molecule has 4 atom stereocenters. The van der Waals surface area contributed by atoms with Gasteiger partial charge < -0.3 is 25.4 Å². The van der Waals surface area contributed by atoms with Crippen LogP contribution in [-0.4, -0.2) is 66.2 Å². The van der Waals surface area contributed by atoms with E-state index >= 15 is 0 Å². The van der Waals surface area contributed by atoms with Crippen LogP contribution in [0.25, 0.3) is 11.2 Å². The lowest BCUT2D eigenvalue weighted by Gasteiger charge is -2.16. The molecule has 1 amide bonds. The summed E-state index contributed by atoms with van der Waals surface area (Å²) in [7, 11) is 0. The molecule has 0 unspecified atom stereocenters. The highest BCUT2D eigenvalue weighted by Crippen LogP contribution is 2.31. The molecule has 1 fully saturated rings. The molecule has 0 bridgehead atoms. The van der Waals surface area contributed by atoms with Crippen molar-refractivity contribution in [1.82, 2.24) is 19.5 Å². The standard InChI is InChI=1S/C11H12N5O5/c17-1-5-7(19)8(20)11(21-5)16-3-14-6-9(15-4-18)12-2-13-10(6)16/h2-3,5,7-8,11,17,19-20H,1H2,(H,12,13,15,18)/t5-,7-,8-,11-/m1/s1. The van der Waals surface area contributed by atoms with E-state index in [0.29, 0.717) is 11.2 Å². The molecule has 2 aromatic heterocycles. The number of amides is 1. The minimum absolute atomic E-state index is 0.167. The van der Waals surface area contributed by atoms with Gasteiger partial charge in [-0.2, -0.15) is 0 Å². The molecule has 10 nitrogen and oxygen atoms in total. The Labute approximate surface area is 118 Å². The van der Waals surface area contributed by atoms with E-state index in [9.17, 15) is 15.0 Å². The van der Waals surface area contributed by atoms with Crippen LogP contribution >= 0.6 is 0 Å². The molecule has 1 saturated heterocycles. The predicted octanol–water partition coefficient (Wildman–Crippen LogP) is -2.08. The molecule has 1 radical (unpaired) electrons. The van der Waals surface area contributed by atoms with Crippen molar-refractivity contribution in [3.8, 4) is 0 Å². The van der Waals surface area contributed by atoms with E-state index in [4.69, 9.17) is 9.84 Å². The third-order valence-electron chi connectivity index (χ3n) is 3.32. The van der Waals surface area contributed by atoms with Gasteiger partial charge in [0.1, 0.15) is 24.6 Å². The quantitative estimate of drug-likeness (QED) is 0.470. The smallest absolute Gasteiger partial charge is 0.315 e. The molecule has 111 valence electrons. The molecule has 0 aliphatic carbocycles. The molecular formula is C11H12N5O5. The molecule has 21 heavy (non-hydrogen) atoms. The first-order valence-electron chi connectivity index (χ1n) is 6.10. The first kappa shape index (κ1) is 13.8. The average Bonchev–Trinajstić information content (AvgIpc) is 3.03. The topological polar surface area (TPSA) is 143 Å². The number of imidazole rings is 1. The van der Waals surface area contributed by atoms with E-state index < -0.39 is 31.1 Å². The van der Waals surface area contributed by atoms with Crippen molar-refractivity contribution in [3.63, 3.8) is 0 Å². The lowest BCUT2D eigenvalue weighted by atomic mass is 10.1. The predicted molar refractivity (Wildman–Crippen MR) is 67.6 cm³/mol. The fourth-order valence-corrected chi connectivity index (χ4v) is 2.29. The summed E-state index contributed by atoms with van der Waals surface area (Å²) in [5.74, 6) is 0.167. The van der Waals surface area contributed by atoms with E-state index in [-0.39, 0.29) is 5.82 Å². The van der Waals surface area contributed by atoms with Crippen LogP contribution in [0.5, 0.6) is 0 Å². The summed E-state index contributed by atoms with van der Waals surface area (Å²) in [6.07, 6.45) is -0.274. The minimum Gasteiger partial charge on any atom is -0.394 e. The zero-order chi connectivity index (χ0) is 15.0. The summed E-state index contributed by atoms with van der Waals surface area (Å²) in [5.41, 5.74) is 0.594. The highest BCUT2D eigenvalue weighted by molar-refractivity contribution is 5.88. The van der Waals surface area contributed by atoms with Gasteiger partial charge in [-0.1, -0.05) is 0 Å². The third-order valence-corrected chi connectivity index (χ3v) is 3.32. The van der Waals surface area contributed by atoms with Crippen LogP contribution in [0.2, 0.25) is 0 Å². The van der Waals surface area contributed by atoms with Gasteiger partial charge in [-0.25, -0.2) is 15.0 Å². The van der Waals surface area contributed by atoms with Crippen LogP contribution in [0.3, 0.4) is 0 Å². The fourth-order valence-electron chi connectivity index (χ4n) is 2.29. The zero-order valence-corrected chi connectivity index (χ0v) is 10.6. The van der Waals surface area contributed by atoms with E-state index in [0.717, 1.165) is 0 Å². The van der Waals surface area contributed by atoms with Crippen LogP contribution in [-0.2, 0) is 9.53 Å². The van der Waals surface area contributed by atoms with Gasteiger partial charge in [0.15, 0.2) is 23.2 Å². The summed E-state index contributed by atoms with van der Waals surface area (Å²) >= 11 is 0. The number of ether oxygens (including phenoxy) is 1. The second kappa shape index (κ2) is 5.33. The summed E-state index contributed by atoms with van der Waals surface area (Å²) < 4.78 is 6.80. The molecule has 4 N–H and O–H groups in total. The van der Waals surface area contributed by atoms with Crippen molar-refractivity contribution in [3.05, 3.63) is 12.7 Å². The molecule has 10 heteroatoms. The Hall–Kier alpha value is -2.14. The maximum Gasteiger partial charge on any atom is 0.315 e. The van der Waals surface area contributed by atoms with Crippen molar-refractivity contribution in [2.45, 2.75) is 24.5 Å². The zero-order valence-electron chi connectivity index (χ0n) is 10.6. The summed E-state index contributed by atoms with van der Waals surface area (Å²) in [6.45, 7) is -0.427. The molecular weight excluding hydrogens is 282 g/mol. The van der Waals surface area contributed by atoms with Gasteiger partial charge in [0.25, 0.3) is 0 Å². The van der Waals surface area contributed by atoms with E-state index in [1.54, 1.807) is 0 Å². The van der Waals surface area contributed by atoms with Gasteiger partial charge >= 0.3 is 6.41 Å². The largest absolute Gasteiger partial charge is 0.394 e. The Morgan fingerprint density at radius 2 is 2.14 bits per heavy atom. The number of hydrogen-bond donors (Lipinski definition) is 4. The number of aromatic nitrogens is 4. The van der Waals surface area contributed by atoms with Gasteiger partial charge in [0.05, 0.1) is 12.9 Å². The number of nitrogens with zero attached hydrogens (tertiary/aromatic N) is 4. The van der Waals surface area contributed by atoms with Crippen LogP contribution in [0.15, 0.2) is 12.7 Å². The number of hydrogen-bond acceptors (Lipinski definition) is 8. The first-order chi connectivity index (χ1) is 10.2. The first-order valence-corrected chi connectivity index (χ1v) is 6.10. The monoisotopic (exact) mass is 294 g/mol. The van der Waals surface area contributed by atoms with Crippen LogP contribution in [0, 0.1) is 0 Å². The van der Waals surface area contributed by atoms with Crippen LogP contribution in [0.4, 0.5) is 5.82 Å². The number of anilines is 1. The number of rotatable bonds is 4. The molecule has 2 aromatic rings. The van der Waals surface area contributed by atoms with Gasteiger partial charge in [-0.15, -0.1) is 0 Å². The third kappa shape index (κ3) is 2.14. The lowest BCUT2D eigenvalue weighted by molar-refractivity contribution is -0.0511. The van der Waals surface area contributed by atoms with Crippen molar-refractivity contribution >= 4 is 23.4 Å². The van der Waals surface area contributed by atoms with Gasteiger partial charge in [-0.05, 0) is 0 Å². The Bertz CT molecular complexity index is 661. The Balaban J connectivity index is 2.02. The lowest BCUT2D eigenvalue weighted by Crippen LogP contribution is -2.33. The summed E-state index contributed by atoms with van der Waals surface area (Å²) in [5, 5.41) is 31.1. The Morgan fingerprint density at radius 1 is 1.33 bits per heavy atom. The average molecular weight is 294 g/mol. The molecule has 1 aliphatic rings. The van der Waals surface area contributed by atoms with Crippen molar-refractivity contribution in [2.24, 2.45) is 0 Å². The Morgan fingerprint density at radius 3 is 2.81 bits per heavy atom. The van der Waals surface area contributed by atoms with Crippen molar-refractivity contribution < 1.29 is 24.9 Å². The molecule has 0 spiro atoms. The molecule has 0 aromatic carbocycles. The number of fused-ring (bicyclic) bond motifs is 1. The molecule has 3 heterocycles. The number of aliphatic hydroxyl groups excluding tert-OH is 3. The van der Waals surface area contributed by atoms with Gasteiger partial charge in [0.2, 0.25) is 0 Å². The normalized spacial score (nSPS) is 28.9. The molecule has 1 aliphatic heterocycles. The second-order valence-electron chi connectivity index (χ2n) is 4.50. The van der Waals surface area contributed by atoms with Crippen molar-refractivity contribution in [2.75, 3.05) is 11.9 Å². The minimum atomic E-state index is -1.25. The van der Waals surface area contributed by atoms with Gasteiger partial charge in [-0.3, -0.25) is 9.36 Å². The summed E-state index contributed by atoms with van der Waals surface area (Å²) in [4.78, 5) is 22.3. The SMILES string of the molecule is O=[C]Nc1ncnc2c1ncn2[C@@H]1O[C@H](CO)[C@@H](O)[C@H]1O. The van der Waals surface area contributed by atoms with Crippen LogP contribution in [0.1, 0.15) is 6.23 Å². The van der Waals surface area contributed by atoms with Gasteiger partial charge in [0, 0.05) is 0 Å². The van der Waals surface area contributed by atoms with E-state index in [1.807, 2.05) is 0 Å². The number of carbonyl (C=O) groups excluding carboxylic acids is 1. The fraction of sp³-hybridized carbons (Fsp3) is 0.455.